The van der Waals surface area contributed by atoms with Crippen molar-refractivity contribution in [3.05, 3.63) is 261 Å². The van der Waals surface area contributed by atoms with Crippen molar-refractivity contribution in [2.45, 2.75) is 0 Å². The largest absolute Gasteiger partial charge is 0.311 e. The molecule has 1 heteroatoms. The van der Waals surface area contributed by atoms with Crippen molar-refractivity contribution >= 4 is 38.6 Å². The number of rotatable bonds is 9. The van der Waals surface area contributed by atoms with Gasteiger partial charge in [-0.05, 0) is 137 Å². The van der Waals surface area contributed by atoms with Crippen LogP contribution in [0.1, 0.15) is 0 Å². The van der Waals surface area contributed by atoms with E-state index < -0.39 is 0 Å². The molecular formula is C62H43N. The molecule has 0 aliphatic heterocycles. The lowest BCUT2D eigenvalue weighted by Gasteiger charge is -2.26. The van der Waals surface area contributed by atoms with Gasteiger partial charge in [-0.3, -0.25) is 0 Å². The first-order valence-corrected chi connectivity index (χ1v) is 21.7. The van der Waals surface area contributed by atoms with Gasteiger partial charge in [0.05, 0.1) is 0 Å². The SMILES string of the molecule is c1ccc(-c2ccccc2-c2ccccc2-c2ccccc2-c2ccc(N(c3ccc(-c4ccc5ccccc5c4)cc3)c3ccc(-c4ccc5ccccc5c4)cc3)cc2)cc1. The number of fused-ring (bicyclic) bond motifs is 2. The van der Waals surface area contributed by atoms with Crippen LogP contribution in [0.4, 0.5) is 17.1 Å². The number of hydrogen-bond donors (Lipinski definition) is 0. The van der Waals surface area contributed by atoms with Gasteiger partial charge in [-0.25, -0.2) is 0 Å². The maximum atomic E-state index is 2.36. The molecule has 1 nitrogen and oxygen atoms in total. The molecular weight excluding hydrogens is 759 g/mol. The molecule has 11 rings (SSSR count). The highest BCUT2D eigenvalue weighted by Crippen LogP contribution is 2.43. The fraction of sp³-hybridized carbons (Fsp3) is 0. The Morgan fingerprint density at radius 3 is 0.873 bits per heavy atom. The molecule has 296 valence electrons. The van der Waals surface area contributed by atoms with Crippen LogP contribution >= 0.6 is 0 Å². The Hall–Kier alpha value is -8.26. The molecule has 11 aromatic carbocycles. The van der Waals surface area contributed by atoms with Crippen LogP contribution in [0.2, 0.25) is 0 Å². The van der Waals surface area contributed by atoms with E-state index in [-0.39, 0.29) is 0 Å². The lowest BCUT2D eigenvalue weighted by molar-refractivity contribution is 1.28. The Morgan fingerprint density at radius 1 is 0.175 bits per heavy atom. The molecule has 0 amide bonds. The van der Waals surface area contributed by atoms with Crippen molar-refractivity contribution in [1.29, 1.82) is 0 Å². The topological polar surface area (TPSA) is 3.24 Å². The molecule has 0 saturated carbocycles. The maximum Gasteiger partial charge on any atom is 0.0462 e. The third-order valence-corrected chi connectivity index (χ3v) is 12.3. The van der Waals surface area contributed by atoms with E-state index in [1.54, 1.807) is 0 Å². The Balaban J connectivity index is 0.970. The summed E-state index contributed by atoms with van der Waals surface area (Å²) in [6.45, 7) is 0. The minimum atomic E-state index is 1.09. The van der Waals surface area contributed by atoms with Crippen LogP contribution < -0.4 is 4.90 Å². The standard InChI is InChI=1S/C62H43N/c1-2-16-48(17-3-1)57-20-8-10-22-59(57)61-24-12-13-25-62(61)60-23-11-9-21-58(60)49-34-40-56(41-35-49)63(54-36-30-46(31-37-54)52-28-26-44-14-4-6-18-50(44)42-52)55-38-32-47(33-39-55)53-29-27-45-15-5-7-19-51(45)43-53/h1-43H. The summed E-state index contributed by atoms with van der Waals surface area (Å²) in [5.74, 6) is 0. The van der Waals surface area contributed by atoms with Crippen molar-refractivity contribution in [1.82, 2.24) is 0 Å². The zero-order chi connectivity index (χ0) is 42.0. The summed E-state index contributed by atoms with van der Waals surface area (Å²) in [4.78, 5) is 2.36. The smallest absolute Gasteiger partial charge is 0.0462 e. The summed E-state index contributed by atoms with van der Waals surface area (Å²) in [6, 6.07) is 94.6. The number of benzene rings is 11. The molecule has 0 aliphatic carbocycles. The molecule has 0 N–H and O–H groups in total. The molecule has 63 heavy (non-hydrogen) atoms. The lowest BCUT2D eigenvalue weighted by Crippen LogP contribution is -2.09. The second kappa shape index (κ2) is 16.7. The van der Waals surface area contributed by atoms with E-state index in [0.717, 1.165) is 17.1 Å². The molecule has 0 radical (unpaired) electrons. The van der Waals surface area contributed by atoms with Crippen LogP contribution in [-0.2, 0) is 0 Å². The van der Waals surface area contributed by atoms with Gasteiger partial charge in [0.2, 0.25) is 0 Å². The van der Waals surface area contributed by atoms with Crippen LogP contribution in [-0.4, -0.2) is 0 Å². The number of anilines is 3. The van der Waals surface area contributed by atoms with Crippen LogP contribution in [0.15, 0.2) is 261 Å². The Labute approximate surface area is 369 Å². The second-order valence-corrected chi connectivity index (χ2v) is 16.1. The number of hydrogen-bond acceptors (Lipinski definition) is 1. The van der Waals surface area contributed by atoms with Gasteiger partial charge in [0, 0.05) is 17.1 Å². The minimum absolute atomic E-state index is 1.09. The first-order valence-electron chi connectivity index (χ1n) is 21.7. The first kappa shape index (κ1) is 37.7. The van der Waals surface area contributed by atoms with E-state index >= 15 is 0 Å². The van der Waals surface area contributed by atoms with Crippen LogP contribution in [0, 0.1) is 0 Å². The van der Waals surface area contributed by atoms with Gasteiger partial charge in [-0.1, -0.05) is 212 Å². The maximum absolute atomic E-state index is 2.36. The van der Waals surface area contributed by atoms with E-state index in [0.29, 0.717) is 0 Å². The van der Waals surface area contributed by atoms with Crippen LogP contribution in [0.3, 0.4) is 0 Å². The zero-order valence-corrected chi connectivity index (χ0v) is 34.8. The van der Waals surface area contributed by atoms with Gasteiger partial charge in [0.15, 0.2) is 0 Å². The van der Waals surface area contributed by atoms with Gasteiger partial charge in [-0.2, -0.15) is 0 Å². The normalized spacial score (nSPS) is 11.2. The molecule has 0 spiro atoms. The van der Waals surface area contributed by atoms with Crippen molar-refractivity contribution < 1.29 is 0 Å². The van der Waals surface area contributed by atoms with Crippen molar-refractivity contribution in [3.63, 3.8) is 0 Å². The fourth-order valence-corrected chi connectivity index (χ4v) is 9.09. The van der Waals surface area contributed by atoms with Crippen molar-refractivity contribution in [2.24, 2.45) is 0 Å². The summed E-state index contributed by atoms with van der Waals surface area (Å²) in [5, 5.41) is 4.99. The van der Waals surface area contributed by atoms with Crippen molar-refractivity contribution in [2.75, 3.05) is 4.90 Å². The summed E-state index contributed by atoms with van der Waals surface area (Å²) in [7, 11) is 0. The van der Waals surface area contributed by atoms with Gasteiger partial charge in [-0.15, -0.1) is 0 Å². The summed E-state index contributed by atoms with van der Waals surface area (Å²) in [5.41, 5.74) is 17.7. The molecule has 0 atom stereocenters. The van der Waals surface area contributed by atoms with E-state index in [1.807, 2.05) is 0 Å². The molecule has 0 aromatic heterocycles. The molecule has 0 saturated heterocycles. The highest BCUT2D eigenvalue weighted by atomic mass is 15.1. The highest BCUT2D eigenvalue weighted by Gasteiger charge is 2.17. The Kier molecular flexibility index (Phi) is 9.97. The lowest BCUT2D eigenvalue weighted by atomic mass is 9.87. The summed E-state index contributed by atoms with van der Waals surface area (Å²) < 4.78 is 0. The van der Waals surface area contributed by atoms with Crippen molar-refractivity contribution in [3.8, 4) is 66.8 Å². The average molecular weight is 802 g/mol. The van der Waals surface area contributed by atoms with E-state index in [1.165, 1.54) is 88.3 Å². The van der Waals surface area contributed by atoms with Gasteiger partial charge in [0.25, 0.3) is 0 Å². The Bertz CT molecular complexity index is 3240. The predicted molar refractivity (Wildman–Crippen MR) is 269 cm³/mol. The minimum Gasteiger partial charge on any atom is -0.311 e. The quantitative estimate of drug-likeness (QED) is 0.141. The monoisotopic (exact) mass is 801 g/mol. The van der Waals surface area contributed by atoms with Gasteiger partial charge in [0.1, 0.15) is 0 Å². The third kappa shape index (κ3) is 7.47. The summed E-state index contributed by atoms with van der Waals surface area (Å²) >= 11 is 0. The molecule has 11 aromatic rings. The average Bonchev–Trinajstić information content (AvgIpc) is 3.37. The molecule has 0 heterocycles. The van der Waals surface area contributed by atoms with Gasteiger partial charge >= 0.3 is 0 Å². The Morgan fingerprint density at radius 2 is 0.460 bits per heavy atom. The van der Waals surface area contributed by atoms with Crippen LogP contribution in [0.25, 0.3) is 88.3 Å². The molecule has 0 unspecified atom stereocenters. The van der Waals surface area contributed by atoms with E-state index in [2.05, 4.69) is 266 Å². The highest BCUT2D eigenvalue weighted by molar-refractivity contribution is 5.96. The predicted octanol–water partition coefficient (Wildman–Crippen LogP) is 17.5. The molecule has 0 aliphatic rings. The van der Waals surface area contributed by atoms with Crippen LogP contribution in [0.5, 0.6) is 0 Å². The first-order chi connectivity index (χ1) is 31.2. The third-order valence-electron chi connectivity index (χ3n) is 12.3. The van der Waals surface area contributed by atoms with E-state index in [4.69, 9.17) is 0 Å². The zero-order valence-electron chi connectivity index (χ0n) is 34.8. The molecule has 0 fully saturated rings. The molecule has 0 bridgehead atoms. The van der Waals surface area contributed by atoms with E-state index in [9.17, 15) is 0 Å². The second-order valence-electron chi connectivity index (χ2n) is 16.1. The fourth-order valence-electron chi connectivity index (χ4n) is 9.09. The summed E-state index contributed by atoms with van der Waals surface area (Å²) in [6.07, 6.45) is 0. The number of nitrogens with zero attached hydrogens (tertiary/aromatic N) is 1. The van der Waals surface area contributed by atoms with Gasteiger partial charge < -0.3 is 4.90 Å².